The number of nitrogens with zero attached hydrogens (tertiary/aromatic N) is 2. The van der Waals surface area contributed by atoms with Crippen LogP contribution in [0, 0.1) is 6.92 Å². The third-order valence-electron chi connectivity index (χ3n) is 3.07. The van der Waals surface area contributed by atoms with Crippen LogP contribution in [0.2, 0.25) is 0 Å². The number of ether oxygens (including phenoxy) is 1. The van der Waals surface area contributed by atoms with Gasteiger partial charge >= 0.3 is 5.69 Å². The van der Waals surface area contributed by atoms with E-state index in [0.29, 0.717) is 12.0 Å². The maximum Gasteiger partial charge on any atom is 0.330 e. The molecule has 7 nitrogen and oxygen atoms in total. The van der Waals surface area contributed by atoms with Crippen LogP contribution < -0.4 is 11.2 Å². The van der Waals surface area contributed by atoms with Crippen molar-refractivity contribution in [3.05, 3.63) is 32.6 Å². The molecule has 0 aliphatic carbocycles. The molecule has 18 heavy (non-hydrogen) atoms. The van der Waals surface area contributed by atoms with Crippen LogP contribution in [0.1, 0.15) is 18.2 Å². The number of hydrogen-bond acceptors (Lipinski definition) is 5. The van der Waals surface area contributed by atoms with Crippen molar-refractivity contribution < 1.29 is 9.84 Å². The van der Waals surface area contributed by atoms with Crippen LogP contribution in [-0.4, -0.2) is 40.1 Å². The van der Waals surface area contributed by atoms with Crippen molar-refractivity contribution in [2.45, 2.75) is 31.7 Å². The predicted octanol–water partition coefficient (Wildman–Crippen LogP) is -0.806. The number of aromatic nitrogens is 2. The molecule has 1 aliphatic heterocycles. The maximum atomic E-state index is 11.7. The average molecular weight is 253 g/mol. The van der Waals surface area contributed by atoms with Gasteiger partial charge in [0, 0.05) is 18.2 Å². The average Bonchev–Trinajstić information content (AvgIpc) is 2.76. The van der Waals surface area contributed by atoms with Gasteiger partial charge in [0.25, 0.3) is 5.56 Å². The van der Waals surface area contributed by atoms with E-state index in [1.54, 1.807) is 6.92 Å². The van der Waals surface area contributed by atoms with Crippen molar-refractivity contribution in [1.29, 1.82) is 0 Å². The minimum atomic E-state index is -0.541. The first-order valence-electron chi connectivity index (χ1n) is 5.61. The molecule has 2 N–H and O–H groups in total. The van der Waals surface area contributed by atoms with E-state index in [9.17, 15) is 9.59 Å². The molecule has 3 atom stereocenters. The summed E-state index contributed by atoms with van der Waals surface area (Å²) in [6, 6.07) is -0.251. The molecule has 7 heteroatoms. The summed E-state index contributed by atoms with van der Waals surface area (Å²) in [5.74, 6) is 0. The van der Waals surface area contributed by atoms with Gasteiger partial charge in [-0.2, -0.15) is 0 Å². The number of aryl methyl sites for hydroxylation is 1. The molecule has 0 unspecified atom stereocenters. The van der Waals surface area contributed by atoms with E-state index < -0.39 is 23.6 Å². The summed E-state index contributed by atoms with van der Waals surface area (Å²) in [5, 5.41) is 9.14. The third kappa shape index (κ3) is 2.14. The second-order valence-electron chi connectivity index (χ2n) is 4.28. The van der Waals surface area contributed by atoms with E-state index in [1.165, 1.54) is 10.8 Å². The number of aliphatic imine (C=N–C) groups is 1. The van der Waals surface area contributed by atoms with Crippen LogP contribution >= 0.6 is 0 Å². The number of aromatic amines is 1. The summed E-state index contributed by atoms with van der Waals surface area (Å²) < 4.78 is 6.84. The molecule has 1 aliphatic rings. The topological polar surface area (TPSA) is 96.7 Å². The Morgan fingerprint density at radius 1 is 1.67 bits per heavy atom. The fourth-order valence-electron chi connectivity index (χ4n) is 2.04. The quantitative estimate of drug-likeness (QED) is 0.689. The first-order valence-corrected chi connectivity index (χ1v) is 5.61. The zero-order valence-electron chi connectivity index (χ0n) is 10.00. The highest BCUT2D eigenvalue weighted by Crippen LogP contribution is 2.29. The minimum absolute atomic E-state index is 0.183. The second-order valence-corrected chi connectivity index (χ2v) is 4.28. The van der Waals surface area contributed by atoms with E-state index in [4.69, 9.17) is 9.84 Å². The van der Waals surface area contributed by atoms with Crippen LogP contribution in [0.25, 0.3) is 0 Å². The summed E-state index contributed by atoms with van der Waals surface area (Å²) in [6.07, 6.45) is 0.888. The lowest BCUT2D eigenvalue weighted by molar-refractivity contribution is -0.0270. The zero-order valence-corrected chi connectivity index (χ0v) is 10.00. The van der Waals surface area contributed by atoms with Gasteiger partial charge in [0.1, 0.15) is 12.3 Å². The van der Waals surface area contributed by atoms with E-state index in [-0.39, 0.29) is 12.6 Å². The molecular formula is C11H15N3O4. The van der Waals surface area contributed by atoms with Gasteiger partial charge in [0.15, 0.2) is 0 Å². The molecule has 0 aromatic carbocycles. The number of H-pyrrole nitrogens is 1. The minimum Gasteiger partial charge on any atom is -0.394 e. The molecular weight excluding hydrogens is 238 g/mol. The first-order chi connectivity index (χ1) is 8.56. The number of rotatable bonds is 3. The van der Waals surface area contributed by atoms with Gasteiger partial charge < -0.3 is 9.84 Å². The fourth-order valence-corrected chi connectivity index (χ4v) is 2.04. The van der Waals surface area contributed by atoms with E-state index in [2.05, 4.69) is 16.7 Å². The SMILES string of the molecule is C=N[C@@H]1C[C@H](n2cc(C)c(=O)[nH]c2=O)O[C@@H]1CO. The smallest absolute Gasteiger partial charge is 0.330 e. The van der Waals surface area contributed by atoms with Crippen LogP contribution in [-0.2, 0) is 4.74 Å². The molecule has 0 saturated carbocycles. The molecule has 98 valence electrons. The molecule has 1 saturated heterocycles. The molecule has 1 fully saturated rings. The Bertz CT molecular complexity index is 562. The molecule has 0 bridgehead atoms. The van der Waals surface area contributed by atoms with Gasteiger partial charge in [0.2, 0.25) is 0 Å². The molecule has 0 spiro atoms. The Hall–Kier alpha value is -1.73. The van der Waals surface area contributed by atoms with Gasteiger partial charge in [-0.25, -0.2) is 4.79 Å². The number of aliphatic hydroxyl groups is 1. The van der Waals surface area contributed by atoms with Crippen LogP contribution in [0.5, 0.6) is 0 Å². The Morgan fingerprint density at radius 3 is 2.94 bits per heavy atom. The van der Waals surface area contributed by atoms with Gasteiger partial charge in [-0.05, 0) is 13.6 Å². The van der Waals surface area contributed by atoms with Crippen LogP contribution in [0.4, 0.5) is 0 Å². The standard InChI is InChI=1S/C11H15N3O4/c1-6-4-14(11(17)13-10(6)16)9-3-7(12-2)8(5-15)18-9/h4,7-9,15H,2-3,5H2,1H3,(H,13,16,17)/t7-,8-,9-/m1/s1. The van der Waals surface area contributed by atoms with Crippen molar-refractivity contribution in [2.24, 2.45) is 4.99 Å². The highest BCUT2D eigenvalue weighted by molar-refractivity contribution is 5.25. The number of nitrogens with one attached hydrogen (secondary N) is 1. The van der Waals surface area contributed by atoms with E-state index in [1.807, 2.05) is 0 Å². The van der Waals surface area contributed by atoms with Crippen molar-refractivity contribution in [2.75, 3.05) is 6.61 Å². The van der Waals surface area contributed by atoms with Gasteiger partial charge in [-0.15, -0.1) is 0 Å². The number of aliphatic hydroxyl groups excluding tert-OH is 1. The van der Waals surface area contributed by atoms with E-state index >= 15 is 0 Å². The van der Waals surface area contributed by atoms with Crippen LogP contribution in [0.3, 0.4) is 0 Å². The lowest BCUT2D eigenvalue weighted by atomic mass is 10.1. The monoisotopic (exact) mass is 253 g/mol. The molecule has 1 aromatic rings. The first kappa shape index (κ1) is 12.7. The second kappa shape index (κ2) is 4.87. The van der Waals surface area contributed by atoms with Gasteiger partial charge in [0.05, 0.1) is 12.6 Å². The summed E-state index contributed by atoms with van der Waals surface area (Å²) >= 11 is 0. The highest BCUT2D eigenvalue weighted by atomic mass is 16.5. The molecule has 0 radical (unpaired) electrons. The third-order valence-corrected chi connectivity index (χ3v) is 3.07. The Morgan fingerprint density at radius 2 is 2.39 bits per heavy atom. The highest BCUT2D eigenvalue weighted by Gasteiger charge is 2.35. The Kier molecular flexibility index (Phi) is 3.44. The summed E-state index contributed by atoms with van der Waals surface area (Å²) in [5.41, 5.74) is -0.517. The van der Waals surface area contributed by atoms with Gasteiger partial charge in [-0.1, -0.05) is 0 Å². The molecule has 0 amide bonds. The summed E-state index contributed by atoms with van der Waals surface area (Å²) in [6.45, 7) is 4.86. The lowest BCUT2D eigenvalue weighted by Crippen LogP contribution is -2.33. The predicted molar refractivity (Wildman–Crippen MR) is 65.0 cm³/mol. The zero-order chi connectivity index (χ0) is 13.3. The summed E-state index contributed by atoms with van der Waals surface area (Å²) in [7, 11) is 0. The molecule has 2 heterocycles. The van der Waals surface area contributed by atoms with Crippen molar-refractivity contribution >= 4 is 6.72 Å². The molecule has 1 aromatic heterocycles. The Balaban J connectivity index is 2.34. The van der Waals surface area contributed by atoms with Crippen LogP contribution in [0.15, 0.2) is 20.8 Å². The lowest BCUT2D eigenvalue weighted by Gasteiger charge is -2.14. The fraction of sp³-hybridized carbons (Fsp3) is 0.545. The van der Waals surface area contributed by atoms with Crippen molar-refractivity contribution in [1.82, 2.24) is 9.55 Å². The van der Waals surface area contributed by atoms with Crippen molar-refractivity contribution in [3.8, 4) is 0 Å². The largest absolute Gasteiger partial charge is 0.394 e. The summed E-state index contributed by atoms with van der Waals surface area (Å²) in [4.78, 5) is 29.0. The van der Waals surface area contributed by atoms with Gasteiger partial charge in [-0.3, -0.25) is 19.3 Å². The Labute approximate surface area is 103 Å². The molecule has 2 rings (SSSR count). The van der Waals surface area contributed by atoms with Crippen molar-refractivity contribution in [3.63, 3.8) is 0 Å². The number of hydrogen-bond donors (Lipinski definition) is 2. The normalized spacial score (nSPS) is 27.3. The maximum absolute atomic E-state index is 11.7. The van der Waals surface area contributed by atoms with E-state index in [0.717, 1.165) is 0 Å².